The van der Waals surface area contributed by atoms with Gasteiger partial charge in [0.1, 0.15) is 0 Å². The molecular weight excluding hydrogens is 238 g/mol. The van der Waals surface area contributed by atoms with E-state index in [0.29, 0.717) is 12.1 Å². The van der Waals surface area contributed by atoms with Crippen LogP contribution in [-0.2, 0) is 11.3 Å². The number of nitrogens with two attached hydrogens (primary N) is 1. The molecule has 3 heteroatoms. The number of carbonyl (C=O) groups is 1. The average molecular weight is 255 g/mol. The van der Waals surface area contributed by atoms with Gasteiger partial charge in [-0.15, -0.1) is 0 Å². The van der Waals surface area contributed by atoms with E-state index in [4.69, 9.17) is 10.5 Å². The van der Waals surface area contributed by atoms with Gasteiger partial charge in [0.05, 0.1) is 12.7 Å². The van der Waals surface area contributed by atoms with E-state index in [-0.39, 0.29) is 5.97 Å². The molecule has 0 aliphatic heterocycles. The molecule has 0 saturated carbocycles. The minimum atomic E-state index is -0.307. The van der Waals surface area contributed by atoms with Crippen LogP contribution in [0.4, 0.5) is 0 Å². The number of hydrogen-bond donors (Lipinski definition) is 1. The van der Waals surface area contributed by atoms with Gasteiger partial charge in [-0.05, 0) is 35.2 Å². The fourth-order valence-corrected chi connectivity index (χ4v) is 1.96. The maximum Gasteiger partial charge on any atom is 0.338 e. The van der Waals surface area contributed by atoms with Crippen molar-refractivity contribution in [2.24, 2.45) is 5.73 Å². The van der Waals surface area contributed by atoms with Crippen molar-refractivity contribution in [3.05, 3.63) is 59.2 Å². The summed E-state index contributed by atoms with van der Waals surface area (Å²) in [4.78, 5) is 11.7. The van der Waals surface area contributed by atoms with Gasteiger partial charge < -0.3 is 10.5 Å². The Balaban J connectivity index is 2.42. The van der Waals surface area contributed by atoms with Crippen LogP contribution < -0.4 is 5.73 Å². The Kier molecular flexibility index (Phi) is 3.97. The molecule has 2 aromatic carbocycles. The van der Waals surface area contributed by atoms with E-state index in [0.717, 1.165) is 22.3 Å². The first-order valence-electron chi connectivity index (χ1n) is 6.14. The molecule has 98 valence electrons. The molecule has 0 unspecified atom stereocenters. The highest BCUT2D eigenvalue weighted by Gasteiger charge is 2.10. The highest BCUT2D eigenvalue weighted by atomic mass is 16.5. The summed E-state index contributed by atoms with van der Waals surface area (Å²) in [6, 6.07) is 13.8. The van der Waals surface area contributed by atoms with E-state index in [1.165, 1.54) is 7.11 Å². The summed E-state index contributed by atoms with van der Waals surface area (Å²) < 4.78 is 4.79. The molecule has 2 rings (SSSR count). The molecular formula is C16H17NO2. The van der Waals surface area contributed by atoms with Gasteiger partial charge >= 0.3 is 5.97 Å². The first-order chi connectivity index (χ1) is 9.15. The summed E-state index contributed by atoms with van der Waals surface area (Å²) in [6.45, 7) is 2.43. The van der Waals surface area contributed by atoms with E-state index in [9.17, 15) is 4.79 Å². The smallest absolute Gasteiger partial charge is 0.338 e. The van der Waals surface area contributed by atoms with Crippen molar-refractivity contribution in [3.63, 3.8) is 0 Å². The number of benzene rings is 2. The zero-order valence-corrected chi connectivity index (χ0v) is 11.1. The zero-order chi connectivity index (χ0) is 13.8. The molecule has 0 amide bonds. The third-order valence-electron chi connectivity index (χ3n) is 3.17. The van der Waals surface area contributed by atoms with Gasteiger partial charge in [0, 0.05) is 6.54 Å². The summed E-state index contributed by atoms with van der Waals surface area (Å²) >= 11 is 0. The van der Waals surface area contributed by atoms with Crippen LogP contribution in [-0.4, -0.2) is 13.1 Å². The summed E-state index contributed by atoms with van der Waals surface area (Å²) in [7, 11) is 1.39. The second-order valence-electron chi connectivity index (χ2n) is 4.42. The van der Waals surface area contributed by atoms with Crippen LogP contribution in [0, 0.1) is 6.92 Å². The second kappa shape index (κ2) is 5.67. The predicted octanol–water partition coefficient (Wildman–Crippen LogP) is 2.91. The fourth-order valence-electron chi connectivity index (χ4n) is 1.96. The van der Waals surface area contributed by atoms with E-state index in [1.54, 1.807) is 0 Å². The van der Waals surface area contributed by atoms with Crippen LogP contribution in [0.5, 0.6) is 0 Å². The van der Waals surface area contributed by atoms with Crippen LogP contribution in [0.15, 0.2) is 42.5 Å². The van der Waals surface area contributed by atoms with Crippen LogP contribution in [0.1, 0.15) is 21.5 Å². The summed E-state index contributed by atoms with van der Waals surface area (Å²) in [6.07, 6.45) is 0. The number of rotatable bonds is 3. The number of ether oxygens (including phenoxy) is 1. The minimum absolute atomic E-state index is 0.307. The Bertz CT molecular complexity index is 588. The maximum atomic E-state index is 11.7. The Morgan fingerprint density at radius 1 is 1.11 bits per heavy atom. The quantitative estimate of drug-likeness (QED) is 0.858. The monoisotopic (exact) mass is 255 g/mol. The second-order valence-corrected chi connectivity index (χ2v) is 4.42. The van der Waals surface area contributed by atoms with Gasteiger partial charge in [-0.3, -0.25) is 0 Å². The lowest BCUT2D eigenvalue weighted by Crippen LogP contribution is -2.03. The van der Waals surface area contributed by atoms with Crippen molar-refractivity contribution in [1.82, 2.24) is 0 Å². The van der Waals surface area contributed by atoms with E-state index in [1.807, 2.05) is 49.4 Å². The Hall–Kier alpha value is -2.13. The Labute approximate surface area is 113 Å². The Morgan fingerprint density at radius 2 is 1.74 bits per heavy atom. The molecule has 0 saturated heterocycles. The molecule has 0 radical (unpaired) electrons. The molecule has 0 fully saturated rings. The lowest BCUT2D eigenvalue weighted by atomic mass is 9.99. The number of esters is 1. The molecule has 19 heavy (non-hydrogen) atoms. The van der Waals surface area contributed by atoms with Gasteiger partial charge in [0.25, 0.3) is 0 Å². The van der Waals surface area contributed by atoms with Gasteiger partial charge in [0.15, 0.2) is 0 Å². The maximum absolute atomic E-state index is 11.7. The van der Waals surface area contributed by atoms with Crippen molar-refractivity contribution in [3.8, 4) is 11.1 Å². The SMILES string of the molecule is COC(=O)c1cc(-c2ccc(CN)cc2)ccc1C. The third kappa shape index (κ3) is 2.83. The van der Waals surface area contributed by atoms with Crippen molar-refractivity contribution in [2.75, 3.05) is 7.11 Å². The molecule has 0 bridgehead atoms. The van der Waals surface area contributed by atoms with Gasteiger partial charge in [-0.2, -0.15) is 0 Å². The Morgan fingerprint density at radius 3 is 2.32 bits per heavy atom. The van der Waals surface area contributed by atoms with Gasteiger partial charge in [0.2, 0.25) is 0 Å². The lowest BCUT2D eigenvalue weighted by Gasteiger charge is -2.08. The first kappa shape index (κ1) is 13.3. The number of hydrogen-bond acceptors (Lipinski definition) is 3. The number of methoxy groups -OCH3 is 1. The summed E-state index contributed by atoms with van der Waals surface area (Å²) in [5, 5.41) is 0. The topological polar surface area (TPSA) is 52.3 Å². The highest BCUT2D eigenvalue weighted by molar-refractivity contribution is 5.92. The molecule has 3 nitrogen and oxygen atoms in total. The molecule has 0 heterocycles. The van der Waals surface area contributed by atoms with Gasteiger partial charge in [-0.1, -0.05) is 36.4 Å². The predicted molar refractivity (Wildman–Crippen MR) is 75.8 cm³/mol. The van der Waals surface area contributed by atoms with E-state index < -0.39 is 0 Å². The van der Waals surface area contributed by atoms with Crippen LogP contribution in [0.25, 0.3) is 11.1 Å². The van der Waals surface area contributed by atoms with Crippen molar-refractivity contribution < 1.29 is 9.53 Å². The largest absolute Gasteiger partial charge is 0.465 e. The molecule has 0 aliphatic carbocycles. The van der Waals surface area contributed by atoms with E-state index in [2.05, 4.69) is 0 Å². The molecule has 2 N–H and O–H groups in total. The van der Waals surface area contributed by atoms with E-state index >= 15 is 0 Å². The number of aryl methyl sites for hydroxylation is 1. The summed E-state index contributed by atoms with van der Waals surface area (Å²) in [5.41, 5.74) is 10.2. The summed E-state index contributed by atoms with van der Waals surface area (Å²) in [5.74, 6) is -0.307. The lowest BCUT2D eigenvalue weighted by molar-refractivity contribution is 0.0600. The van der Waals surface area contributed by atoms with Crippen LogP contribution >= 0.6 is 0 Å². The highest BCUT2D eigenvalue weighted by Crippen LogP contribution is 2.23. The molecule has 0 atom stereocenters. The van der Waals surface area contributed by atoms with Crippen LogP contribution in [0.2, 0.25) is 0 Å². The van der Waals surface area contributed by atoms with Crippen molar-refractivity contribution in [2.45, 2.75) is 13.5 Å². The fraction of sp³-hybridized carbons (Fsp3) is 0.188. The first-order valence-corrected chi connectivity index (χ1v) is 6.14. The molecule has 2 aromatic rings. The zero-order valence-electron chi connectivity index (χ0n) is 11.1. The standard InChI is InChI=1S/C16H17NO2/c1-11-3-6-14(9-15(11)16(18)19-2)13-7-4-12(10-17)5-8-13/h3-9H,10,17H2,1-2H3. The normalized spacial score (nSPS) is 10.3. The van der Waals surface area contributed by atoms with Crippen molar-refractivity contribution in [1.29, 1.82) is 0 Å². The molecule has 0 aliphatic rings. The van der Waals surface area contributed by atoms with Crippen molar-refractivity contribution >= 4 is 5.97 Å². The average Bonchev–Trinajstić information content (AvgIpc) is 2.47. The third-order valence-corrected chi connectivity index (χ3v) is 3.17. The molecule has 0 spiro atoms. The molecule has 0 aromatic heterocycles. The van der Waals surface area contributed by atoms with Crippen LogP contribution in [0.3, 0.4) is 0 Å². The number of carbonyl (C=O) groups excluding carboxylic acids is 1. The van der Waals surface area contributed by atoms with Gasteiger partial charge in [-0.25, -0.2) is 4.79 Å². The minimum Gasteiger partial charge on any atom is -0.465 e.